The van der Waals surface area contributed by atoms with Crippen molar-refractivity contribution in [3.63, 3.8) is 0 Å². The van der Waals surface area contributed by atoms with Crippen molar-refractivity contribution in [3.05, 3.63) is 63.4 Å². The van der Waals surface area contributed by atoms with Gasteiger partial charge >= 0.3 is 0 Å². The smallest absolute Gasteiger partial charge is 0.142 e. The Bertz CT molecular complexity index is 570. The van der Waals surface area contributed by atoms with Crippen molar-refractivity contribution in [1.82, 2.24) is 0 Å². The normalized spacial score (nSPS) is 10.4. The minimum Gasteiger partial charge on any atom is -0.489 e. The summed E-state index contributed by atoms with van der Waals surface area (Å²) in [6.45, 7) is 2.20. The van der Waals surface area contributed by atoms with Gasteiger partial charge in [0, 0.05) is 5.02 Å². The maximum Gasteiger partial charge on any atom is 0.142 e. The average Bonchev–Trinajstić information content (AvgIpc) is 2.34. The van der Waals surface area contributed by atoms with E-state index >= 15 is 0 Å². The summed E-state index contributed by atoms with van der Waals surface area (Å²) in [5.41, 5.74) is 1.70. The summed E-state index contributed by atoms with van der Waals surface area (Å²) in [5.74, 6) is 0.249. The molecule has 0 saturated carbocycles. The second-order valence-corrected chi connectivity index (χ2v) is 4.79. The van der Waals surface area contributed by atoms with E-state index in [9.17, 15) is 4.39 Å². The van der Waals surface area contributed by atoms with Crippen LogP contribution in [0.15, 0.2) is 36.4 Å². The Balaban J connectivity index is 2.11. The topological polar surface area (TPSA) is 9.23 Å². The molecule has 0 unspecified atom stereocenters. The summed E-state index contributed by atoms with van der Waals surface area (Å²) in [4.78, 5) is 0. The molecule has 0 heterocycles. The third-order valence-corrected chi connectivity index (χ3v) is 3.07. The molecule has 0 amide bonds. The second kappa shape index (κ2) is 5.59. The SMILES string of the molecule is Cc1ccc(Cl)cc1OCc1ccc(Cl)c(F)c1. The number of hydrogen-bond donors (Lipinski definition) is 0. The molecule has 0 aliphatic rings. The molecule has 2 aromatic rings. The van der Waals surface area contributed by atoms with Gasteiger partial charge in [0.15, 0.2) is 0 Å². The molecule has 4 heteroatoms. The molecule has 0 aliphatic heterocycles. The van der Waals surface area contributed by atoms with Crippen molar-refractivity contribution < 1.29 is 9.13 Å². The second-order valence-electron chi connectivity index (χ2n) is 3.95. The summed E-state index contributed by atoms with van der Waals surface area (Å²) in [6.07, 6.45) is 0. The van der Waals surface area contributed by atoms with Gasteiger partial charge in [0.05, 0.1) is 5.02 Å². The molecule has 0 aromatic heterocycles. The fourth-order valence-electron chi connectivity index (χ4n) is 1.52. The molecule has 0 N–H and O–H groups in total. The van der Waals surface area contributed by atoms with Gasteiger partial charge in [-0.1, -0.05) is 35.3 Å². The zero-order chi connectivity index (χ0) is 13.1. The van der Waals surface area contributed by atoms with Crippen molar-refractivity contribution in [1.29, 1.82) is 0 Å². The monoisotopic (exact) mass is 284 g/mol. The first-order valence-corrected chi connectivity index (χ1v) is 6.15. The standard InChI is InChI=1S/C14H11Cl2FO/c1-9-2-4-11(15)7-14(9)18-8-10-3-5-12(16)13(17)6-10/h2-7H,8H2,1H3. The number of halogens is 3. The van der Waals surface area contributed by atoms with Gasteiger partial charge < -0.3 is 4.74 Å². The zero-order valence-corrected chi connectivity index (χ0v) is 11.2. The van der Waals surface area contributed by atoms with Crippen LogP contribution >= 0.6 is 23.2 Å². The van der Waals surface area contributed by atoms with Crippen molar-refractivity contribution >= 4 is 23.2 Å². The lowest BCUT2D eigenvalue weighted by atomic mass is 10.2. The van der Waals surface area contributed by atoms with Gasteiger partial charge in [0.2, 0.25) is 0 Å². The van der Waals surface area contributed by atoms with Crippen LogP contribution in [0.25, 0.3) is 0 Å². The number of rotatable bonds is 3. The van der Waals surface area contributed by atoms with Crippen LogP contribution in [0.4, 0.5) is 4.39 Å². The summed E-state index contributed by atoms with van der Waals surface area (Å²) in [7, 11) is 0. The molecule has 0 saturated heterocycles. The maximum absolute atomic E-state index is 13.2. The molecule has 0 atom stereocenters. The predicted molar refractivity (Wildman–Crippen MR) is 71.9 cm³/mol. The van der Waals surface area contributed by atoms with Crippen molar-refractivity contribution in [2.75, 3.05) is 0 Å². The molecule has 2 rings (SSSR count). The lowest BCUT2D eigenvalue weighted by Gasteiger charge is -2.09. The van der Waals surface area contributed by atoms with E-state index in [0.717, 1.165) is 11.1 Å². The highest BCUT2D eigenvalue weighted by atomic mass is 35.5. The molecular formula is C14H11Cl2FO. The van der Waals surface area contributed by atoms with E-state index in [-0.39, 0.29) is 11.6 Å². The molecule has 18 heavy (non-hydrogen) atoms. The number of benzene rings is 2. The van der Waals surface area contributed by atoms with Crippen LogP contribution in [-0.2, 0) is 6.61 Å². The van der Waals surface area contributed by atoms with E-state index in [1.165, 1.54) is 12.1 Å². The summed E-state index contributed by atoms with van der Waals surface area (Å²) in [5, 5.41) is 0.718. The third kappa shape index (κ3) is 3.15. The van der Waals surface area contributed by atoms with Crippen molar-refractivity contribution in [3.8, 4) is 5.75 Å². The lowest BCUT2D eigenvalue weighted by molar-refractivity contribution is 0.303. The van der Waals surface area contributed by atoms with Crippen molar-refractivity contribution in [2.45, 2.75) is 13.5 Å². The Morgan fingerprint density at radius 1 is 1.11 bits per heavy atom. The third-order valence-electron chi connectivity index (χ3n) is 2.53. The van der Waals surface area contributed by atoms with Gasteiger partial charge in [-0.15, -0.1) is 0 Å². The van der Waals surface area contributed by atoms with Gasteiger partial charge in [-0.25, -0.2) is 4.39 Å². The van der Waals surface area contributed by atoms with E-state index in [0.29, 0.717) is 10.8 Å². The minimum absolute atomic E-state index is 0.109. The van der Waals surface area contributed by atoms with E-state index < -0.39 is 5.82 Å². The first-order chi connectivity index (χ1) is 8.56. The van der Waals surface area contributed by atoms with Crippen LogP contribution in [-0.4, -0.2) is 0 Å². The Kier molecular flexibility index (Phi) is 4.10. The molecule has 94 valence electrons. The van der Waals surface area contributed by atoms with E-state index in [1.807, 2.05) is 13.0 Å². The Labute approximate surface area is 115 Å². The maximum atomic E-state index is 13.2. The number of aryl methyl sites for hydroxylation is 1. The molecule has 0 fully saturated rings. The summed E-state index contributed by atoms with van der Waals surface area (Å²) in [6, 6.07) is 10.0. The van der Waals surface area contributed by atoms with Crippen LogP contribution in [0.1, 0.15) is 11.1 Å². The summed E-state index contributed by atoms with van der Waals surface area (Å²) < 4.78 is 18.8. The van der Waals surface area contributed by atoms with Crippen LogP contribution in [0, 0.1) is 12.7 Å². The van der Waals surface area contributed by atoms with Gasteiger partial charge in [-0.05, 0) is 42.3 Å². The van der Waals surface area contributed by atoms with E-state index in [1.54, 1.807) is 18.2 Å². The molecule has 0 spiro atoms. The Morgan fingerprint density at radius 2 is 1.89 bits per heavy atom. The fraction of sp³-hybridized carbons (Fsp3) is 0.143. The van der Waals surface area contributed by atoms with Crippen LogP contribution in [0.2, 0.25) is 10.0 Å². The number of ether oxygens (including phenoxy) is 1. The largest absolute Gasteiger partial charge is 0.489 e. The van der Waals surface area contributed by atoms with Crippen LogP contribution in [0.3, 0.4) is 0 Å². The fourth-order valence-corrected chi connectivity index (χ4v) is 1.80. The highest BCUT2D eigenvalue weighted by molar-refractivity contribution is 6.31. The average molecular weight is 285 g/mol. The van der Waals surface area contributed by atoms with Gasteiger partial charge in [0.1, 0.15) is 18.2 Å². The van der Waals surface area contributed by atoms with Crippen molar-refractivity contribution in [2.24, 2.45) is 0 Å². The van der Waals surface area contributed by atoms with E-state index in [4.69, 9.17) is 27.9 Å². The van der Waals surface area contributed by atoms with Gasteiger partial charge in [0.25, 0.3) is 0 Å². The Morgan fingerprint density at radius 3 is 2.61 bits per heavy atom. The quantitative estimate of drug-likeness (QED) is 0.769. The highest BCUT2D eigenvalue weighted by Gasteiger charge is 2.04. The first kappa shape index (κ1) is 13.2. The molecule has 0 bridgehead atoms. The summed E-state index contributed by atoms with van der Waals surface area (Å²) >= 11 is 11.5. The molecule has 0 aliphatic carbocycles. The predicted octanol–water partition coefficient (Wildman–Crippen LogP) is 5.02. The molecular weight excluding hydrogens is 274 g/mol. The molecule has 1 nitrogen and oxygen atoms in total. The number of hydrogen-bond acceptors (Lipinski definition) is 1. The minimum atomic E-state index is -0.444. The highest BCUT2D eigenvalue weighted by Crippen LogP contribution is 2.24. The molecule has 2 aromatic carbocycles. The van der Waals surface area contributed by atoms with Crippen LogP contribution in [0.5, 0.6) is 5.75 Å². The zero-order valence-electron chi connectivity index (χ0n) is 9.71. The molecule has 0 radical (unpaired) electrons. The van der Waals surface area contributed by atoms with Gasteiger partial charge in [-0.2, -0.15) is 0 Å². The Hall–Kier alpha value is -1.25. The lowest BCUT2D eigenvalue weighted by Crippen LogP contribution is -1.97. The first-order valence-electron chi connectivity index (χ1n) is 5.39. The van der Waals surface area contributed by atoms with Gasteiger partial charge in [-0.3, -0.25) is 0 Å². The van der Waals surface area contributed by atoms with E-state index in [2.05, 4.69) is 0 Å². The van der Waals surface area contributed by atoms with Crippen LogP contribution < -0.4 is 4.74 Å².